The highest BCUT2D eigenvalue weighted by molar-refractivity contribution is 7.99. The molecule has 0 aliphatic carbocycles. The van der Waals surface area contributed by atoms with Gasteiger partial charge in [-0.05, 0) is 27.7 Å². The van der Waals surface area contributed by atoms with Crippen molar-refractivity contribution in [3.63, 3.8) is 0 Å². The van der Waals surface area contributed by atoms with Gasteiger partial charge in [-0.15, -0.1) is 0 Å². The predicted octanol–water partition coefficient (Wildman–Crippen LogP) is 1.89. The molecule has 0 amide bonds. The van der Waals surface area contributed by atoms with E-state index in [2.05, 4.69) is 10.1 Å². The summed E-state index contributed by atoms with van der Waals surface area (Å²) in [7, 11) is 0. The third-order valence-corrected chi connectivity index (χ3v) is 4.68. The summed E-state index contributed by atoms with van der Waals surface area (Å²) in [5, 5.41) is 4.04. The van der Waals surface area contributed by atoms with Crippen molar-refractivity contribution >= 4 is 11.8 Å². The van der Waals surface area contributed by atoms with E-state index in [1.165, 1.54) is 0 Å². The Morgan fingerprint density at radius 1 is 1.33 bits per heavy atom. The van der Waals surface area contributed by atoms with Crippen molar-refractivity contribution in [1.82, 2.24) is 10.1 Å². The standard InChI is InChI=1S/C12H21N3O2S/c1-11(2,12(3,4)13)10-14-9(15-17-10)8-7-18-6-5-16-8/h8H,5-7,13H2,1-4H3. The van der Waals surface area contributed by atoms with Gasteiger partial charge < -0.3 is 15.0 Å². The number of hydrogen-bond donors (Lipinski definition) is 1. The second kappa shape index (κ2) is 4.83. The fraction of sp³-hybridized carbons (Fsp3) is 0.833. The summed E-state index contributed by atoms with van der Waals surface area (Å²) in [6, 6.07) is 0. The van der Waals surface area contributed by atoms with Crippen LogP contribution >= 0.6 is 11.8 Å². The first-order valence-electron chi connectivity index (χ1n) is 6.14. The van der Waals surface area contributed by atoms with E-state index >= 15 is 0 Å². The monoisotopic (exact) mass is 271 g/mol. The molecule has 1 saturated heterocycles. The van der Waals surface area contributed by atoms with Crippen molar-refractivity contribution in [2.45, 2.75) is 44.8 Å². The molecule has 102 valence electrons. The summed E-state index contributed by atoms with van der Waals surface area (Å²) in [5.74, 6) is 3.12. The number of rotatable bonds is 3. The molecule has 1 aliphatic rings. The molecule has 0 aromatic carbocycles. The van der Waals surface area contributed by atoms with Crippen LogP contribution in [0.3, 0.4) is 0 Å². The molecule has 2 rings (SSSR count). The number of hydrogen-bond acceptors (Lipinski definition) is 6. The summed E-state index contributed by atoms with van der Waals surface area (Å²) in [6.45, 7) is 8.69. The van der Waals surface area contributed by atoms with Gasteiger partial charge in [-0.3, -0.25) is 0 Å². The molecule has 1 fully saturated rings. The van der Waals surface area contributed by atoms with E-state index in [1.54, 1.807) is 0 Å². The second-order valence-electron chi connectivity index (χ2n) is 5.74. The molecule has 0 saturated carbocycles. The Morgan fingerprint density at radius 2 is 2.06 bits per heavy atom. The molecule has 0 spiro atoms. The van der Waals surface area contributed by atoms with E-state index in [0.717, 1.165) is 18.1 Å². The van der Waals surface area contributed by atoms with Crippen LogP contribution in [0.5, 0.6) is 0 Å². The van der Waals surface area contributed by atoms with Crippen molar-refractivity contribution in [3.8, 4) is 0 Å². The van der Waals surface area contributed by atoms with Gasteiger partial charge in [0.1, 0.15) is 6.10 Å². The molecule has 6 heteroatoms. The van der Waals surface area contributed by atoms with Crippen LogP contribution in [0.15, 0.2) is 4.52 Å². The summed E-state index contributed by atoms with van der Waals surface area (Å²) in [4.78, 5) is 4.48. The summed E-state index contributed by atoms with van der Waals surface area (Å²) in [5.41, 5.74) is 5.36. The average molecular weight is 271 g/mol. The second-order valence-corrected chi connectivity index (χ2v) is 6.89. The molecule has 2 N–H and O–H groups in total. The third-order valence-electron chi connectivity index (χ3n) is 3.69. The molecule has 1 aromatic heterocycles. The van der Waals surface area contributed by atoms with Crippen molar-refractivity contribution in [2.24, 2.45) is 5.73 Å². The lowest BCUT2D eigenvalue weighted by atomic mass is 9.75. The van der Waals surface area contributed by atoms with Gasteiger partial charge in [0.15, 0.2) is 0 Å². The largest absolute Gasteiger partial charge is 0.368 e. The van der Waals surface area contributed by atoms with Gasteiger partial charge in [0, 0.05) is 17.0 Å². The first-order valence-corrected chi connectivity index (χ1v) is 7.30. The Bertz CT molecular complexity index is 406. The smallest absolute Gasteiger partial charge is 0.234 e. The van der Waals surface area contributed by atoms with Crippen LogP contribution in [-0.4, -0.2) is 33.8 Å². The van der Waals surface area contributed by atoms with Gasteiger partial charge in [-0.2, -0.15) is 16.7 Å². The van der Waals surface area contributed by atoms with Crippen molar-refractivity contribution in [2.75, 3.05) is 18.1 Å². The molecule has 0 bridgehead atoms. The van der Waals surface area contributed by atoms with Crippen LogP contribution in [0.4, 0.5) is 0 Å². The Kier molecular flexibility index (Phi) is 3.71. The quantitative estimate of drug-likeness (QED) is 0.905. The molecular formula is C12H21N3O2S. The van der Waals surface area contributed by atoms with E-state index in [9.17, 15) is 0 Å². The molecule has 5 nitrogen and oxygen atoms in total. The van der Waals surface area contributed by atoms with Crippen LogP contribution in [0.1, 0.15) is 45.5 Å². The van der Waals surface area contributed by atoms with E-state index in [0.29, 0.717) is 11.7 Å². The van der Waals surface area contributed by atoms with Crippen molar-refractivity contribution < 1.29 is 9.26 Å². The zero-order chi connectivity index (χ0) is 13.4. The van der Waals surface area contributed by atoms with Gasteiger partial charge in [0.2, 0.25) is 11.7 Å². The average Bonchev–Trinajstić information content (AvgIpc) is 2.78. The zero-order valence-corrected chi connectivity index (χ0v) is 12.2. The Hall–Kier alpha value is -0.590. The summed E-state index contributed by atoms with van der Waals surface area (Å²) >= 11 is 1.85. The van der Waals surface area contributed by atoms with Gasteiger partial charge in [-0.25, -0.2) is 0 Å². The maximum atomic E-state index is 6.17. The number of nitrogens with two attached hydrogens (primary N) is 1. The molecule has 1 atom stereocenters. The number of nitrogens with zero attached hydrogens (tertiary/aromatic N) is 2. The Morgan fingerprint density at radius 3 is 2.61 bits per heavy atom. The molecule has 2 heterocycles. The predicted molar refractivity (Wildman–Crippen MR) is 71.6 cm³/mol. The SMILES string of the molecule is CC(C)(N)C(C)(C)c1nc(C2CSCCO2)no1. The maximum Gasteiger partial charge on any atom is 0.234 e. The Labute approximate surface area is 112 Å². The fourth-order valence-corrected chi connectivity index (χ4v) is 2.37. The number of ether oxygens (including phenoxy) is 1. The molecule has 1 aliphatic heterocycles. The topological polar surface area (TPSA) is 74.2 Å². The minimum Gasteiger partial charge on any atom is -0.368 e. The van der Waals surface area contributed by atoms with E-state index in [4.69, 9.17) is 15.0 Å². The lowest BCUT2D eigenvalue weighted by molar-refractivity contribution is 0.0677. The minimum absolute atomic E-state index is 0.0575. The molecular weight excluding hydrogens is 250 g/mol. The van der Waals surface area contributed by atoms with E-state index < -0.39 is 5.54 Å². The lowest BCUT2D eigenvalue weighted by Gasteiger charge is -2.34. The van der Waals surface area contributed by atoms with Crippen molar-refractivity contribution in [1.29, 1.82) is 0 Å². The lowest BCUT2D eigenvalue weighted by Crippen LogP contribution is -2.50. The van der Waals surface area contributed by atoms with E-state index in [1.807, 2.05) is 39.5 Å². The molecule has 1 aromatic rings. The maximum absolute atomic E-state index is 6.17. The van der Waals surface area contributed by atoms with Crippen LogP contribution in [0, 0.1) is 0 Å². The molecule has 1 unspecified atom stereocenters. The normalized spacial score (nSPS) is 22.2. The molecule has 0 radical (unpaired) electrons. The zero-order valence-electron chi connectivity index (χ0n) is 11.4. The van der Waals surface area contributed by atoms with Gasteiger partial charge >= 0.3 is 0 Å². The highest BCUT2D eigenvalue weighted by Crippen LogP contribution is 2.33. The minimum atomic E-state index is -0.432. The first kappa shape index (κ1) is 13.8. The fourth-order valence-electron chi connectivity index (χ4n) is 1.53. The Balaban J connectivity index is 2.19. The van der Waals surface area contributed by atoms with Crippen LogP contribution < -0.4 is 5.73 Å². The van der Waals surface area contributed by atoms with Gasteiger partial charge in [0.05, 0.1) is 12.0 Å². The number of thioether (sulfide) groups is 1. The third kappa shape index (κ3) is 2.55. The van der Waals surface area contributed by atoms with Crippen LogP contribution in [-0.2, 0) is 10.2 Å². The molecule has 18 heavy (non-hydrogen) atoms. The van der Waals surface area contributed by atoms with Crippen molar-refractivity contribution in [3.05, 3.63) is 11.7 Å². The number of aromatic nitrogens is 2. The highest BCUT2D eigenvalue weighted by Gasteiger charge is 2.40. The van der Waals surface area contributed by atoms with Gasteiger partial charge in [-0.1, -0.05) is 5.16 Å². The first-order chi connectivity index (χ1) is 8.32. The summed E-state index contributed by atoms with van der Waals surface area (Å²) in [6.07, 6.45) is -0.0575. The van der Waals surface area contributed by atoms with E-state index in [-0.39, 0.29) is 11.5 Å². The van der Waals surface area contributed by atoms with Gasteiger partial charge in [0.25, 0.3) is 0 Å². The van der Waals surface area contributed by atoms with Crippen LogP contribution in [0.2, 0.25) is 0 Å². The summed E-state index contributed by atoms with van der Waals surface area (Å²) < 4.78 is 11.0. The van der Waals surface area contributed by atoms with Crippen LogP contribution in [0.25, 0.3) is 0 Å². The highest BCUT2D eigenvalue weighted by atomic mass is 32.2.